The minimum absolute atomic E-state index is 0.584. The summed E-state index contributed by atoms with van der Waals surface area (Å²) in [5.74, 6) is 0. The van der Waals surface area contributed by atoms with E-state index in [0.29, 0.717) is 10.6 Å². The van der Waals surface area contributed by atoms with Crippen molar-refractivity contribution in [1.82, 2.24) is 10.1 Å². The number of hydrogen-bond acceptors (Lipinski definition) is 3. The van der Waals surface area contributed by atoms with Crippen molar-refractivity contribution in [3.8, 4) is 0 Å². The lowest BCUT2D eigenvalue weighted by molar-refractivity contribution is 0.449. The topological polar surface area (TPSA) is 38.9 Å². The van der Waals surface area contributed by atoms with Gasteiger partial charge < -0.3 is 4.52 Å². The molecule has 11 heavy (non-hydrogen) atoms. The summed E-state index contributed by atoms with van der Waals surface area (Å²) in [5.41, 5.74) is 1.43. The average molecular weight is 169 g/mol. The summed E-state index contributed by atoms with van der Waals surface area (Å²) < 4.78 is 4.93. The highest BCUT2D eigenvalue weighted by Crippen LogP contribution is 2.24. The Morgan fingerprint density at radius 3 is 3.00 bits per heavy atom. The molecule has 0 aliphatic rings. The minimum atomic E-state index is 0.584. The Morgan fingerprint density at radius 1 is 1.45 bits per heavy atom. The van der Waals surface area contributed by atoms with Crippen LogP contribution in [0.5, 0.6) is 0 Å². The average Bonchev–Trinajstić information content (AvgIpc) is 2.34. The summed E-state index contributed by atoms with van der Waals surface area (Å²) in [5, 5.41) is 5.19. The van der Waals surface area contributed by atoms with Gasteiger partial charge in [-0.2, -0.15) is 0 Å². The van der Waals surface area contributed by atoms with Crippen LogP contribution in [0.1, 0.15) is 5.69 Å². The van der Waals surface area contributed by atoms with Gasteiger partial charge >= 0.3 is 0 Å². The largest absolute Gasteiger partial charge is 0.354 e. The molecule has 0 N–H and O–H groups in total. The van der Waals surface area contributed by atoms with Gasteiger partial charge in [0.25, 0.3) is 0 Å². The zero-order valence-corrected chi connectivity index (χ0v) is 6.59. The molecule has 0 aliphatic heterocycles. The highest BCUT2D eigenvalue weighted by molar-refractivity contribution is 6.35. The molecule has 0 spiro atoms. The molecule has 0 saturated heterocycles. The lowest BCUT2D eigenvalue weighted by atomic mass is 10.3. The smallest absolute Gasteiger partial charge is 0.186 e. The van der Waals surface area contributed by atoms with Gasteiger partial charge in [-0.25, -0.2) is 0 Å². The van der Waals surface area contributed by atoms with Crippen LogP contribution in [0, 0.1) is 6.92 Å². The van der Waals surface area contributed by atoms with Crippen LogP contribution in [0.4, 0.5) is 0 Å². The van der Waals surface area contributed by atoms with Crippen molar-refractivity contribution >= 4 is 22.6 Å². The predicted molar refractivity (Wildman–Crippen MR) is 41.6 cm³/mol. The van der Waals surface area contributed by atoms with E-state index in [0.717, 1.165) is 11.1 Å². The molecule has 0 unspecified atom stereocenters. The van der Waals surface area contributed by atoms with Gasteiger partial charge in [0.2, 0.25) is 0 Å². The molecule has 4 heteroatoms. The van der Waals surface area contributed by atoms with Crippen LogP contribution in [0.15, 0.2) is 16.9 Å². The third-order valence-electron chi connectivity index (χ3n) is 1.51. The third-order valence-corrected chi connectivity index (χ3v) is 1.79. The molecular formula is C7H5ClN2O. The molecule has 0 radical (unpaired) electrons. The molecule has 0 aliphatic carbocycles. The SMILES string of the molecule is Cc1noc2cncc(Cl)c12. The molecule has 2 rings (SSSR count). The van der Waals surface area contributed by atoms with E-state index in [9.17, 15) is 0 Å². The zero-order valence-electron chi connectivity index (χ0n) is 5.84. The van der Waals surface area contributed by atoms with Crippen LogP contribution < -0.4 is 0 Å². The lowest BCUT2D eigenvalue weighted by Gasteiger charge is -1.88. The predicted octanol–water partition coefficient (Wildman–Crippen LogP) is 2.18. The van der Waals surface area contributed by atoms with Crippen LogP contribution >= 0.6 is 11.6 Å². The molecule has 2 heterocycles. The van der Waals surface area contributed by atoms with E-state index >= 15 is 0 Å². The summed E-state index contributed by atoms with van der Waals surface area (Å²) in [6.07, 6.45) is 3.18. The van der Waals surface area contributed by atoms with Crippen molar-refractivity contribution < 1.29 is 4.52 Å². The van der Waals surface area contributed by atoms with Gasteiger partial charge in [-0.15, -0.1) is 0 Å². The number of aromatic nitrogens is 2. The Morgan fingerprint density at radius 2 is 2.27 bits per heavy atom. The number of pyridine rings is 1. The molecule has 0 saturated carbocycles. The molecule has 2 aromatic rings. The summed E-state index contributed by atoms with van der Waals surface area (Å²) in [4.78, 5) is 3.86. The van der Waals surface area contributed by atoms with Crippen molar-refractivity contribution in [1.29, 1.82) is 0 Å². The van der Waals surface area contributed by atoms with Gasteiger partial charge in [-0.3, -0.25) is 4.98 Å². The Labute approximate surface area is 68.0 Å². The number of fused-ring (bicyclic) bond motifs is 1. The van der Waals surface area contributed by atoms with E-state index in [1.165, 1.54) is 0 Å². The van der Waals surface area contributed by atoms with Crippen molar-refractivity contribution in [2.45, 2.75) is 6.92 Å². The van der Waals surface area contributed by atoms with Crippen LogP contribution in [0.2, 0.25) is 5.02 Å². The second-order valence-corrected chi connectivity index (χ2v) is 2.67. The van der Waals surface area contributed by atoms with Crippen LogP contribution in [-0.4, -0.2) is 10.1 Å². The maximum absolute atomic E-state index is 5.84. The lowest BCUT2D eigenvalue weighted by Crippen LogP contribution is -1.74. The van der Waals surface area contributed by atoms with Gasteiger partial charge in [0.1, 0.15) is 0 Å². The highest BCUT2D eigenvalue weighted by atomic mass is 35.5. The van der Waals surface area contributed by atoms with Crippen LogP contribution in [-0.2, 0) is 0 Å². The van der Waals surface area contributed by atoms with Crippen molar-refractivity contribution in [2.24, 2.45) is 0 Å². The fourth-order valence-corrected chi connectivity index (χ4v) is 1.29. The van der Waals surface area contributed by atoms with Gasteiger partial charge in [-0.05, 0) is 6.92 Å². The Balaban J connectivity index is 2.96. The fourth-order valence-electron chi connectivity index (χ4n) is 1.00. The van der Waals surface area contributed by atoms with Gasteiger partial charge in [0.05, 0.1) is 22.3 Å². The van der Waals surface area contributed by atoms with E-state index < -0.39 is 0 Å². The second kappa shape index (κ2) is 2.20. The first kappa shape index (κ1) is 6.61. The van der Waals surface area contributed by atoms with Crippen LogP contribution in [0.25, 0.3) is 11.0 Å². The van der Waals surface area contributed by atoms with Gasteiger partial charge in [-0.1, -0.05) is 16.8 Å². The molecular weight excluding hydrogens is 164 g/mol. The van der Waals surface area contributed by atoms with E-state index in [4.69, 9.17) is 16.1 Å². The normalized spacial score (nSPS) is 10.7. The summed E-state index contributed by atoms with van der Waals surface area (Å²) in [7, 11) is 0. The number of rotatable bonds is 0. The maximum atomic E-state index is 5.84. The Bertz CT molecular complexity index is 396. The molecule has 0 bridgehead atoms. The van der Waals surface area contributed by atoms with Crippen molar-refractivity contribution in [2.75, 3.05) is 0 Å². The quantitative estimate of drug-likeness (QED) is 0.605. The highest BCUT2D eigenvalue weighted by Gasteiger charge is 2.06. The molecule has 3 nitrogen and oxygen atoms in total. The Hall–Kier alpha value is -1.09. The third kappa shape index (κ3) is 0.886. The number of nitrogens with zero attached hydrogens (tertiary/aromatic N) is 2. The van der Waals surface area contributed by atoms with Gasteiger partial charge in [0.15, 0.2) is 5.58 Å². The number of aryl methyl sites for hydroxylation is 1. The number of hydrogen-bond donors (Lipinski definition) is 0. The van der Waals surface area contributed by atoms with E-state index in [1.54, 1.807) is 12.4 Å². The first-order valence-corrected chi connectivity index (χ1v) is 3.52. The van der Waals surface area contributed by atoms with E-state index in [2.05, 4.69) is 10.1 Å². The molecule has 2 aromatic heterocycles. The first-order valence-electron chi connectivity index (χ1n) is 3.14. The monoisotopic (exact) mass is 168 g/mol. The second-order valence-electron chi connectivity index (χ2n) is 2.26. The first-order chi connectivity index (χ1) is 5.29. The molecule has 0 atom stereocenters. The standard InChI is InChI=1S/C7H5ClN2O/c1-4-7-5(8)2-9-3-6(7)11-10-4/h2-3H,1H3. The summed E-state index contributed by atoms with van der Waals surface area (Å²) in [6.45, 7) is 1.84. The van der Waals surface area contributed by atoms with Crippen LogP contribution in [0.3, 0.4) is 0 Å². The molecule has 56 valence electrons. The zero-order chi connectivity index (χ0) is 7.84. The number of halogens is 1. The fraction of sp³-hybridized carbons (Fsp3) is 0.143. The van der Waals surface area contributed by atoms with Gasteiger partial charge in [0, 0.05) is 6.20 Å². The molecule has 0 amide bonds. The maximum Gasteiger partial charge on any atom is 0.186 e. The Kier molecular flexibility index (Phi) is 1.32. The minimum Gasteiger partial charge on any atom is -0.354 e. The molecule has 0 aromatic carbocycles. The van der Waals surface area contributed by atoms with E-state index in [-0.39, 0.29) is 0 Å². The summed E-state index contributed by atoms with van der Waals surface area (Å²) in [6, 6.07) is 0. The van der Waals surface area contributed by atoms with E-state index in [1.807, 2.05) is 6.92 Å². The summed E-state index contributed by atoms with van der Waals surface area (Å²) >= 11 is 5.84. The molecule has 0 fully saturated rings. The van der Waals surface area contributed by atoms with Crippen molar-refractivity contribution in [3.05, 3.63) is 23.1 Å². The van der Waals surface area contributed by atoms with Crippen molar-refractivity contribution in [3.63, 3.8) is 0 Å².